The monoisotopic (exact) mass is 352 g/mol. The Labute approximate surface area is 153 Å². The van der Waals surface area contributed by atoms with Crippen LogP contribution in [-0.4, -0.2) is 41.9 Å². The summed E-state index contributed by atoms with van der Waals surface area (Å²) in [6.45, 7) is 6.34. The predicted octanol–water partition coefficient (Wildman–Crippen LogP) is 3.63. The smallest absolute Gasteiger partial charge is 0.158 e. The van der Waals surface area contributed by atoms with E-state index in [0.717, 1.165) is 53.0 Å². The average molecular weight is 352 g/mol. The fraction of sp³-hybridized carbons (Fsp3) is 0.400. The molecule has 1 aliphatic rings. The predicted molar refractivity (Wildman–Crippen MR) is 102 cm³/mol. The molecule has 3 heterocycles. The van der Waals surface area contributed by atoms with Gasteiger partial charge in [-0.3, -0.25) is 0 Å². The first kappa shape index (κ1) is 16.7. The van der Waals surface area contributed by atoms with E-state index in [2.05, 4.69) is 18.7 Å². The Kier molecular flexibility index (Phi) is 4.18. The third-order valence-electron chi connectivity index (χ3n) is 5.10. The molecular formula is C20H24N4O2. The van der Waals surface area contributed by atoms with Gasteiger partial charge in [0.15, 0.2) is 5.65 Å². The number of hydrogen-bond donors (Lipinski definition) is 0. The van der Waals surface area contributed by atoms with Crippen molar-refractivity contribution in [3.05, 3.63) is 35.5 Å². The van der Waals surface area contributed by atoms with Crippen LogP contribution in [0.25, 0.3) is 16.9 Å². The van der Waals surface area contributed by atoms with Crippen molar-refractivity contribution in [3.8, 4) is 22.8 Å². The fourth-order valence-corrected chi connectivity index (χ4v) is 3.58. The van der Waals surface area contributed by atoms with Gasteiger partial charge in [0.2, 0.25) is 0 Å². The van der Waals surface area contributed by atoms with Gasteiger partial charge in [-0.15, -0.1) is 0 Å². The van der Waals surface area contributed by atoms with Crippen LogP contribution in [-0.2, 0) is 0 Å². The minimum absolute atomic E-state index is 0.747. The van der Waals surface area contributed by atoms with E-state index in [1.165, 1.54) is 18.4 Å². The molecule has 0 saturated carbocycles. The minimum atomic E-state index is 0.747. The van der Waals surface area contributed by atoms with Gasteiger partial charge in [0.1, 0.15) is 17.3 Å². The largest absolute Gasteiger partial charge is 0.497 e. The summed E-state index contributed by atoms with van der Waals surface area (Å²) >= 11 is 0. The number of hydrogen-bond acceptors (Lipinski definition) is 5. The average Bonchev–Trinajstić information content (AvgIpc) is 3.32. The Morgan fingerprint density at radius 2 is 1.58 bits per heavy atom. The molecule has 0 atom stereocenters. The molecule has 3 aromatic rings. The molecule has 1 saturated heterocycles. The van der Waals surface area contributed by atoms with Crippen LogP contribution in [0.1, 0.15) is 24.1 Å². The molecule has 1 aromatic carbocycles. The van der Waals surface area contributed by atoms with Gasteiger partial charge in [-0.1, -0.05) is 0 Å². The van der Waals surface area contributed by atoms with Crippen molar-refractivity contribution in [1.82, 2.24) is 14.6 Å². The first-order chi connectivity index (χ1) is 12.6. The van der Waals surface area contributed by atoms with Crippen molar-refractivity contribution in [1.29, 1.82) is 0 Å². The number of aromatic nitrogens is 3. The van der Waals surface area contributed by atoms with Crippen LogP contribution in [0.5, 0.6) is 11.5 Å². The summed E-state index contributed by atoms with van der Waals surface area (Å²) in [4.78, 5) is 7.17. The minimum Gasteiger partial charge on any atom is -0.497 e. The number of nitrogens with zero attached hydrogens (tertiary/aromatic N) is 4. The van der Waals surface area contributed by atoms with Crippen LogP contribution in [0, 0.1) is 13.8 Å². The van der Waals surface area contributed by atoms with Gasteiger partial charge in [0.05, 0.1) is 19.9 Å². The molecule has 1 fully saturated rings. The van der Waals surface area contributed by atoms with E-state index in [0.29, 0.717) is 0 Å². The van der Waals surface area contributed by atoms with Crippen molar-refractivity contribution in [3.63, 3.8) is 0 Å². The Hall–Kier alpha value is -2.76. The molecule has 6 nitrogen and oxygen atoms in total. The molecule has 0 amide bonds. The maximum Gasteiger partial charge on any atom is 0.158 e. The number of ether oxygens (including phenoxy) is 2. The number of methoxy groups -OCH3 is 2. The van der Waals surface area contributed by atoms with Crippen LogP contribution in [0.2, 0.25) is 0 Å². The molecular weight excluding hydrogens is 328 g/mol. The van der Waals surface area contributed by atoms with E-state index in [1.54, 1.807) is 14.2 Å². The van der Waals surface area contributed by atoms with E-state index in [1.807, 2.05) is 28.8 Å². The van der Waals surface area contributed by atoms with E-state index >= 15 is 0 Å². The highest BCUT2D eigenvalue weighted by Gasteiger charge is 2.21. The molecule has 6 heteroatoms. The summed E-state index contributed by atoms with van der Waals surface area (Å²) < 4.78 is 12.8. The van der Waals surface area contributed by atoms with Crippen molar-refractivity contribution in [2.45, 2.75) is 26.7 Å². The Bertz CT molecular complexity index is 936. The second-order valence-corrected chi connectivity index (χ2v) is 6.74. The zero-order valence-electron chi connectivity index (χ0n) is 15.7. The molecule has 4 rings (SSSR count). The SMILES string of the molecule is COc1cc(OC)cc(-c2cc3nc(C)c(C)c(N4CCCC4)n3n2)c1. The zero-order valence-corrected chi connectivity index (χ0v) is 15.7. The number of anilines is 1. The third kappa shape index (κ3) is 2.75. The zero-order chi connectivity index (χ0) is 18.3. The van der Waals surface area contributed by atoms with Gasteiger partial charge in [-0.2, -0.15) is 9.61 Å². The van der Waals surface area contributed by atoms with Crippen molar-refractivity contribution < 1.29 is 9.47 Å². The molecule has 0 aliphatic carbocycles. The molecule has 1 aliphatic heterocycles. The van der Waals surface area contributed by atoms with Gasteiger partial charge in [0, 0.05) is 42.0 Å². The molecule has 136 valence electrons. The number of benzene rings is 1. The summed E-state index contributed by atoms with van der Waals surface area (Å²) in [5.74, 6) is 2.65. The van der Waals surface area contributed by atoms with Crippen LogP contribution in [0.4, 0.5) is 5.82 Å². The van der Waals surface area contributed by atoms with Crippen LogP contribution in [0.3, 0.4) is 0 Å². The van der Waals surface area contributed by atoms with Gasteiger partial charge < -0.3 is 14.4 Å². The molecule has 0 radical (unpaired) electrons. The highest BCUT2D eigenvalue weighted by molar-refractivity contribution is 5.69. The normalized spacial score (nSPS) is 14.2. The van der Waals surface area contributed by atoms with Crippen molar-refractivity contribution in [2.75, 3.05) is 32.2 Å². The maximum absolute atomic E-state index is 5.40. The van der Waals surface area contributed by atoms with Crippen molar-refractivity contribution >= 4 is 11.5 Å². The third-order valence-corrected chi connectivity index (χ3v) is 5.10. The molecule has 0 N–H and O–H groups in total. The number of aryl methyl sites for hydroxylation is 1. The molecule has 0 unspecified atom stereocenters. The van der Waals surface area contributed by atoms with Crippen LogP contribution in [0.15, 0.2) is 24.3 Å². The summed E-state index contributed by atoms with van der Waals surface area (Å²) in [6.07, 6.45) is 2.45. The molecule has 0 bridgehead atoms. The van der Waals surface area contributed by atoms with E-state index in [-0.39, 0.29) is 0 Å². The summed E-state index contributed by atoms with van der Waals surface area (Å²) in [7, 11) is 3.31. The Balaban J connectivity index is 1.89. The second kappa shape index (κ2) is 6.52. The van der Waals surface area contributed by atoms with Gasteiger partial charge in [-0.05, 0) is 38.8 Å². The molecule has 0 spiro atoms. The van der Waals surface area contributed by atoms with E-state index in [9.17, 15) is 0 Å². The maximum atomic E-state index is 5.40. The fourth-order valence-electron chi connectivity index (χ4n) is 3.58. The lowest BCUT2D eigenvalue weighted by Crippen LogP contribution is -2.23. The summed E-state index contributed by atoms with van der Waals surface area (Å²) in [5, 5.41) is 4.88. The lowest BCUT2D eigenvalue weighted by molar-refractivity contribution is 0.394. The highest BCUT2D eigenvalue weighted by atomic mass is 16.5. The van der Waals surface area contributed by atoms with Gasteiger partial charge in [0.25, 0.3) is 0 Å². The lowest BCUT2D eigenvalue weighted by atomic mass is 10.1. The molecule has 2 aromatic heterocycles. The second-order valence-electron chi connectivity index (χ2n) is 6.74. The first-order valence-electron chi connectivity index (χ1n) is 8.96. The lowest BCUT2D eigenvalue weighted by Gasteiger charge is -2.21. The summed E-state index contributed by atoms with van der Waals surface area (Å²) in [6, 6.07) is 7.83. The molecule has 26 heavy (non-hydrogen) atoms. The quantitative estimate of drug-likeness (QED) is 0.718. The van der Waals surface area contributed by atoms with Crippen molar-refractivity contribution in [2.24, 2.45) is 0 Å². The Morgan fingerprint density at radius 1 is 0.923 bits per heavy atom. The standard InChI is InChI=1S/C20H24N4O2/c1-13-14(2)21-19-12-18(15-9-16(25-3)11-17(10-15)26-4)22-24(19)20(13)23-7-5-6-8-23/h9-12H,5-8H2,1-4H3. The van der Waals surface area contributed by atoms with Crippen LogP contribution >= 0.6 is 0 Å². The number of rotatable bonds is 4. The topological polar surface area (TPSA) is 51.9 Å². The number of fused-ring (bicyclic) bond motifs is 1. The Morgan fingerprint density at radius 3 is 2.19 bits per heavy atom. The first-order valence-corrected chi connectivity index (χ1v) is 8.96. The van der Waals surface area contributed by atoms with Gasteiger partial charge >= 0.3 is 0 Å². The van der Waals surface area contributed by atoms with E-state index < -0.39 is 0 Å². The van der Waals surface area contributed by atoms with Gasteiger partial charge in [-0.25, -0.2) is 4.98 Å². The van der Waals surface area contributed by atoms with Crippen LogP contribution < -0.4 is 14.4 Å². The highest BCUT2D eigenvalue weighted by Crippen LogP contribution is 2.32. The van der Waals surface area contributed by atoms with E-state index in [4.69, 9.17) is 19.6 Å². The summed E-state index contributed by atoms with van der Waals surface area (Å²) in [5.41, 5.74) is 4.92.